The highest BCUT2D eigenvalue weighted by Crippen LogP contribution is 2.13. The summed E-state index contributed by atoms with van der Waals surface area (Å²) in [5.74, 6) is 0.808. The predicted molar refractivity (Wildman–Crippen MR) is 73.1 cm³/mol. The van der Waals surface area contributed by atoms with E-state index in [9.17, 15) is 0 Å². The zero-order valence-corrected chi connectivity index (χ0v) is 10.1. The molecule has 2 rings (SSSR count). The molecule has 0 atom stereocenters. The topological polar surface area (TPSA) is 59.1 Å². The molecule has 0 aromatic heterocycles. The lowest BCUT2D eigenvalue weighted by Gasteiger charge is -2.07. The molecule has 0 aliphatic rings. The molecule has 2 aromatic rings. The van der Waals surface area contributed by atoms with Gasteiger partial charge in [0.25, 0.3) is 0 Å². The summed E-state index contributed by atoms with van der Waals surface area (Å²) in [6, 6.07) is 17.5. The van der Waals surface area contributed by atoms with Crippen LogP contribution in [0.5, 0.6) is 5.75 Å². The Morgan fingerprint density at radius 2 is 1.83 bits per heavy atom. The summed E-state index contributed by atoms with van der Waals surface area (Å²) < 4.78 is 5.65. The molecule has 3 heteroatoms. The Morgan fingerprint density at radius 1 is 1.06 bits per heavy atom. The van der Waals surface area contributed by atoms with Gasteiger partial charge >= 0.3 is 0 Å². The number of rotatable bonds is 5. The fourth-order valence-electron chi connectivity index (χ4n) is 1.68. The number of nitrogens with one attached hydrogen (secondary N) is 1. The maximum absolute atomic E-state index is 7.37. The SMILES string of the molecule is N=C(N)c1cccc(OCCc2ccccc2)c1. The van der Waals surface area contributed by atoms with Gasteiger partial charge in [0, 0.05) is 12.0 Å². The van der Waals surface area contributed by atoms with Crippen molar-refractivity contribution < 1.29 is 4.74 Å². The molecule has 0 heterocycles. The molecule has 2 aromatic carbocycles. The van der Waals surface area contributed by atoms with Gasteiger partial charge in [0.05, 0.1) is 6.61 Å². The second-order valence-corrected chi connectivity index (χ2v) is 4.03. The standard InChI is InChI=1S/C15H16N2O/c16-15(17)13-7-4-8-14(11-13)18-10-9-12-5-2-1-3-6-12/h1-8,11H,9-10H2,(H3,16,17). The number of nitrogen functional groups attached to an aromatic ring is 1. The molecule has 0 saturated carbocycles. The van der Waals surface area contributed by atoms with Gasteiger partial charge in [0.15, 0.2) is 0 Å². The second kappa shape index (κ2) is 5.87. The number of hydrogen-bond acceptors (Lipinski definition) is 2. The summed E-state index contributed by atoms with van der Waals surface area (Å²) >= 11 is 0. The monoisotopic (exact) mass is 240 g/mol. The van der Waals surface area contributed by atoms with Gasteiger partial charge in [0.1, 0.15) is 11.6 Å². The molecule has 0 saturated heterocycles. The van der Waals surface area contributed by atoms with Crippen molar-refractivity contribution in [1.29, 1.82) is 5.41 Å². The lowest BCUT2D eigenvalue weighted by atomic mass is 10.2. The lowest BCUT2D eigenvalue weighted by Crippen LogP contribution is -2.11. The minimum atomic E-state index is 0.0588. The first-order valence-corrected chi connectivity index (χ1v) is 5.87. The van der Waals surface area contributed by atoms with Gasteiger partial charge in [-0.05, 0) is 17.7 Å². The van der Waals surface area contributed by atoms with Crippen molar-refractivity contribution >= 4 is 5.84 Å². The number of amidine groups is 1. The van der Waals surface area contributed by atoms with E-state index in [-0.39, 0.29) is 5.84 Å². The first-order chi connectivity index (χ1) is 8.75. The predicted octanol–water partition coefficient (Wildman–Crippen LogP) is 2.59. The summed E-state index contributed by atoms with van der Waals surface area (Å²) in [4.78, 5) is 0. The van der Waals surface area contributed by atoms with Crippen LogP contribution in [0.4, 0.5) is 0 Å². The number of nitrogens with two attached hydrogens (primary N) is 1. The van der Waals surface area contributed by atoms with Crippen LogP contribution in [-0.4, -0.2) is 12.4 Å². The van der Waals surface area contributed by atoms with Gasteiger partial charge in [-0.1, -0.05) is 42.5 Å². The highest BCUT2D eigenvalue weighted by molar-refractivity contribution is 5.95. The van der Waals surface area contributed by atoms with Crippen molar-refractivity contribution in [3.63, 3.8) is 0 Å². The van der Waals surface area contributed by atoms with Crippen LogP contribution in [0.25, 0.3) is 0 Å². The van der Waals surface area contributed by atoms with E-state index in [0.717, 1.165) is 12.2 Å². The van der Waals surface area contributed by atoms with Crippen LogP contribution >= 0.6 is 0 Å². The van der Waals surface area contributed by atoms with Crippen LogP contribution in [0.15, 0.2) is 54.6 Å². The lowest BCUT2D eigenvalue weighted by molar-refractivity contribution is 0.322. The van der Waals surface area contributed by atoms with Crippen molar-refractivity contribution in [2.24, 2.45) is 5.73 Å². The van der Waals surface area contributed by atoms with Crippen LogP contribution < -0.4 is 10.5 Å². The molecule has 0 aliphatic heterocycles. The molecule has 0 radical (unpaired) electrons. The van der Waals surface area contributed by atoms with Crippen molar-refractivity contribution in [2.45, 2.75) is 6.42 Å². The van der Waals surface area contributed by atoms with E-state index in [0.29, 0.717) is 12.2 Å². The molecule has 0 bridgehead atoms. The average Bonchev–Trinajstić information content (AvgIpc) is 2.40. The van der Waals surface area contributed by atoms with E-state index in [4.69, 9.17) is 15.9 Å². The molecule has 0 amide bonds. The summed E-state index contributed by atoms with van der Waals surface area (Å²) in [5.41, 5.74) is 7.37. The minimum absolute atomic E-state index is 0.0588. The van der Waals surface area contributed by atoms with E-state index < -0.39 is 0 Å². The zero-order valence-electron chi connectivity index (χ0n) is 10.1. The fourth-order valence-corrected chi connectivity index (χ4v) is 1.68. The van der Waals surface area contributed by atoms with E-state index >= 15 is 0 Å². The van der Waals surface area contributed by atoms with Crippen LogP contribution in [0.1, 0.15) is 11.1 Å². The largest absolute Gasteiger partial charge is 0.493 e. The smallest absolute Gasteiger partial charge is 0.122 e. The third-order valence-electron chi connectivity index (χ3n) is 2.65. The molecule has 0 unspecified atom stereocenters. The van der Waals surface area contributed by atoms with Gasteiger partial charge < -0.3 is 10.5 Å². The zero-order chi connectivity index (χ0) is 12.8. The van der Waals surface area contributed by atoms with E-state index in [1.807, 2.05) is 30.3 Å². The third kappa shape index (κ3) is 3.35. The molecule has 92 valence electrons. The Bertz CT molecular complexity index is 523. The van der Waals surface area contributed by atoms with Gasteiger partial charge in [-0.3, -0.25) is 5.41 Å². The van der Waals surface area contributed by atoms with Crippen LogP contribution in [0, 0.1) is 5.41 Å². The number of hydrogen-bond donors (Lipinski definition) is 2. The summed E-state index contributed by atoms with van der Waals surface area (Å²) in [6.07, 6.45) is 0.866. The third-order valence-corrected chi connectivity index (χ3v) is 2.65. The minimum Gasteiger partial charge on any atom is -0.493 e. The highest BCUT2D eigenvalue weighted by atomic mass is 16.5. The Labute approximate surface area is 107 Å². The quantitative estimate of drug-likeness (QED) is 0.623. The summed E-state index contributed by atoms with van der Waals surface area (Å²) in [5, 5.41) is 7.37. The van der Waals surface area contributed by atoms with Gasteiger partial charge in [-0.2, -0.15) is 0 Å². The van der Waals surface area contributed by atoms with Gasteiger partial charge in [0.2, 0.25) is 0 Å². The number of benzene rings is 2. The molecular weight excluding hydrogens is 224 g/mol. The molecule has 0 spiro atoms. The Balaban J connectivity index is 1.90. The first kappa shape index (κ1) is 12.2. The maximum atomic E-state index is 7.37. The summed E-state index contributed by atoms with van der Waals surface area (Å²) in [7, 11) is 0. The van der Waals surface area contributed by atoms with Gasteiger partial charge in [-0.15, -0.1) is 0 Å². The molecular formula is C15H16N2O. The second-order valence-electron chi connectivity index (χ2n) is 4.03. The first-order valence-electron chi connectivity index (χ1n) is 5.87. The highest BCUT2D eigenvalue weighted by Gasteiger charge is 1.99. The van der Waals surface area contributed by atoms with Crippen molar-refractivity contribution in [3.05, 3.63) is 65.7 Å². The average molecular weight is 240 g/mol. The van der Waals surface area contributed by atoms with Crippen LogP contribution in [-0.2, 0) is 6.42 Å². The molecule has 0 fully saturated rings. The molecule has 18 heavy (non-hydrogen) atoms. The van der Waals surface area contributed by atoms with Crippen LogP contribution in [0.3, 0.4) is 0 Å². The number of ether oxygens (including phenoxy) is 1. The van der Waals surface area contributed by atoms with Crippen molar-refractivity contribution in [2.75, 3.05) is 6.61 Å². The molecule has 3 N–H and O–H groups in total. The van der Waals surface area contributed by atoms with Crippen LogP contribution in [0.2, 0.25) is 0 Å². The Morgan fingerprint density at radius 3 is 2.56 bits per heavy atom. The summed E-state index contributed by atoms with van der Waals surface area (Å²) in [6.45, 7) is 0.616. The van der Waals surface area contributed by atoms with Crippen molar-refractivity contribution in [3.8, 4) is 5.75 Å². The van der Waals surface area contributed by atoms with E-state index in [2.05, 4.69) is 12.1 Å². The molecule has 3 nitrogen and oxygen atoms in total. The van der Waals surface area contributed by atoms with E-state index in [1.165, 1.54) is 5.56 Å². The maximum Gasteiger partial charge on any atom is 0.122 e. The normalized spacial score (nSPS) is 10.0. The van der Waals surface area contributed by atoms with Crippen molar-refractivity contribution in [1.82, 2.24) is 0 Å². The Kier molecular flexibility index (Phi) is 3.97. The fraction of sp³-hybridized carbons (Fsp3) is 0.133. The molecule has 0 aliphatic carbocycles. The van der Waals surface area contributed by atoms with Gasteiger partial charge in [-0.25, -0.2) is 0 Å². The van der Waals surface area contributed by atoms with E-state index in [1.54, 1.807) is 12.1 Å². The Hall–Kier alpha value is -2.29.